The summed E-state index contributed by atoms with van der Waals surface area (Å²) in [6.45, 7) is -0.468. The molecule has 9 nitrogen and oxygen atoms in total. The topological polar surface area (TPSA) is 114 Å². The number of carbonyl (C=O) groups excluding carboxylic acids is 2. The highest BCUT2D eigenvalue weighted by molar-refractivity contribution is 5.95. The van der Waals surface area contributed by atoms with Crippen molar-refractivity contribution in [2.45, 2.75) is 12.2 Å². The van der Waals surface area contributed by atoms with Crippen LogP contribution in [0.15, 0.2) is 0 Å². The Morgan fingerprint density at radius 3 is 2.15 bits per heavy atom. The number of nitrogens with one attached hydrogen (secondary N) is 1. The Morgan fingerprint density at radius 1 is 1.15 bits per heavy atom. The van der Waals surface area contributed by atoms with Gasteiger partial charge in [0, 0.05) is 14.2 Å². The second-order valence-corrected chi connectivity index (χ2v) is 4.19. The first kappa shape index (κ1) is 16.3. The number of hydrogen-bond acceptors (Lipinski definition) is 6. The van der Waals surface area contributed by atoms with Crippen LogP contribution in [0.1, 0.15) is 0 Å². The Balaban J connectivity index is 2.36. The maximum absolute atomic E-state index is 11.8. The number of ether oxygens (including phenoxy) is 3. The van der Waals surface area contributed by atoms with E-state index in [9.17, 15) is 14.4 Å². The van der Waals surface area contributed by atoms with E-state index in [0.29, 0.717) is 13.1 Å². The number of hydrogen-bond donors (Lipinski definition) is 2. The molecule has 0 aromatic carbocycles. The molecule has 0 spiro atoms. The van der Waals surface area contributed by atoms with Crippen LogP contribution >= 0.6 is 0 Å². The SMILES string of the molecule is COC1CN(C(=O)NC(=O)COCC(=O)O)CC1OC. The minimum atomic E-state index is -1.19. The minimum Gasteiger partial charge on any atom is -0.480 e. The number of carboxylic acid groups (broad SMARTS) is 1. The minimum absolute atomic E-state index is 0.246. The van der Waals surface area contributed by atoms with E-state index in [0.717, 1.165) is 0 Å². The van der Waals surface area contributed by atoms with Crippen LogP contribution in [0.2, 0.25) is 0 Å². The number of aliphatic carboxylic acids is 1. The predicted octanol–water partition coefficient (Wildman–Crippen LogP) is -1.33. The fourth-order valence-electron chi connectivity index (χ4n) is 1.83. The van der Waals surface area contributed by atoms with Gasteiger partial charge in [-0.15, -0.1) is 0 Å². The number of likely N-dealkylation sites (tertiary alicyclic amines) is 1. The zero-order valence-corrected chi connectivity index (χ0v) is 11.3. The Hall–Kier alpha value is -1.71. The second kappa shape index (κ2) is 7.78. The summed E-state index contributed by atoms with van der Waals surface area (Å²) in [5.41, 5.74) is 0. The quantitative estimate of drug-likeness (QED) is 0.622. The molecule has 2 unspecified atom stereocenters. The van der Waals surface area contributed by atoms with E-state index in [1.165, 1.54) is 19.1 Å². The van der Waals surface area contributed by atoms with E-state index in [2.05, 4.69) is 10.1 Å². The highest BCUT2D eigenvalue weighted by atomic mass is 16.5. The molecule has 1 rings (SSSR count). The molecule has 0 saturated carbocycles. The molecular formula is C11H18N2O7. The second-order valence-electron chi connectivity index (χ2n) is 4.19. The van der Waals surface area contributed by atoms with Gasteiger partial charge in [-0.05, 0) is 0 Å². The van der Waals surface area contributed by atoms with E-state index in [-0.39, 0.29) is 12.2 Å². The van der Waals surface area contributed by atoms with Crippen molar-refractivity contribution in [2.75, 3.05) is 40.5 Å². The molecule has 9 heteroatoms. The average Bonchev–Trinajstić information content (AvgIpc) is 2.81. The Bertz CT molecular complexity index is 362. The lowest BCUT2D eigenvalue weighted by Crippen LogP contribution is -2.43. The summed E-state index contributed by atoms with van der Waals surface area (Å²) < 4.78 is 14.9. The summed E-state index contributed by atoms with van der Waals surface area (Å²) in [6.07, 6.45) is -0.492. The summed E-state index contributed by atoms with van der Waals surface area (Å²) in [5, 5.41) is 10.4. The van der Waals surface area contributed by atoms with Gasteiger partial charge in [0.1, 0.15) is 25.4 Å². The van der Waals surface area contributed by atoms with Crippen LogP contribution in [0.25, 0.3) is 0 Å². The molecule has 0 aromatic heterocycles. The fraction of sp³-hybridized carbons (Fsp3) is 0.727. The summed E-state index contributed by atoms with van der Waals surface area (Å²) >= 11 is 0. The molecule has 1 fully saturated rings. The van der Waals surface area contributed by atoms with Crippen LogP contribution in [0.3, 0.4) is 0 Å². The van der Waals surface area contributed by atoms with Gasteiger partial charge in [0.15, 0.2) is 0 Å². The van der Waals surface area contributed by atoms with Gasteiger partial charge >= 0.3 is 12.0 Å². The standard InChI is InChI=1S/C11H18N2O7/c1-18-7-3-13(4-8(7)19-2)11(17)12-9(14)5-20-6-10(15)16/h7-8H,3-6H2,1-2H3,(H,15,16)(H,12,14,17). The van der Waals surface area contributed by atoms with Crippen molar-refractivity contribution in [1.29, 1.82) is 0 Å². The molecular weight excluding hydrogens is 272 g/mol. The van der Waals surface area contributed by atoms with E-state index in [4.69, 9.17) is 14.6 Å². The highest BCUT2D eigenvalue weighted by Crippen LogP contribution is 2.15. The van der Waals surface area contributed by atoms with Gasteiger partial charge in [0.2, 0.25) is 0 Å². The fourth-order valence-corrected chi connectivity index (χ4v) is 1.83. The Kier molecular flexibility index (Phi) is 6.36. The molecule has 3 amide bonds. The van der Waals surface area contributed by atoms with Gasteiger partial charge in [-0.2, -0.15) is 0 Å². The maximum atomic E-state index is 11.8. The van der Waals surface area contributed by atoms with Crippen LogP contribution < -0.4 is 5.32 Å². The molecule has 2 atom stereocenters. The number of imide groups is 1. The smallest absolute Gasteiger partial charge is 0.329 e. The Morgan fingerprint density at radius 2 is 1.70 bits per heavy atom. The molecule has 2 N–H and O–H groups in total. The Labute approximate surface area is 115 Å². The van der Waals surface area contributed by atoms with Gasteiger partial charge in [-0.25, -0.2) is 9.59 Å². The third-order valence-corrected chi connectivity index (χ3v) is 2.81. The molecule has 20 heavy (non-hydrogen) atoms. The largest absolute Gasteiger partial charge is 0.480 e. The maximum Gasteiger partial charge on any atom is 0.329 e. The summed E-state index contributed by atoms with van der Waals surface area (Å²) in [6, 6.07) is -0.587. The first-order chi connectivity index (χ1) is 9.47. The van der Waals surface area contributed by atoms with Crippen LogP contribution in [0.4, 0.5) is 4.79 Å². The van der Waals surface area contributed by atoms with Crippen molar-refractivity contribution in [3.63, 3.8) is 0 Å². The number of methoxy groups -OCH3 is 2. The van der Waals surface area contributed by atoms with Crippen LogP contribution in [0.5, 0.6) is 0 Å². The molecule has 1 saturated heterocycles. The van der Waals surface area contributed by atoms with Crippen molar-refractivity contribution in [1.82, 2.24) is 10.2 Å². The van der Waals surface area contributed by atoms with Gasteiger partial charge in [0.05, 0.1) is 13.1 Å². The number of carbonyl (C=O) groups is 3. The third-order valence-electron chi connectivity index (χ3n) is 2.81. The summed E-state index contributed by atoms with van der Waals surface area (Å²) in [5.74, 6) is -1.89. The van der Waals surface area contributed by atoms with E-state index in [1.54, 1.807) is 0 Å². The molecule has 1 aliphatic heterocycles. The number of carboxylic acids is 1. The lowest BCUT2D eigenvalue weighted by Gasteiger charge is -2.15. The third kappa shape index (κ3) is 4.76. The highest BCUT2D eigenvalue weighted by Gasteiger charge is 2.35. The molecule has 0 bridgehead atoms. The monoisotopic (exact) mass is 290 g/mol. The van der Waals surface area contributed by atoms with Crippen molar-refractivity contribution in [2.24, 2.45) is 0 Å². The molecule has 0 aliphatic carbocycles. The molecule has 1 heterocycles. The predicted molar refractivity (Wildman–Crippen MR) is 65.2 cm³/mol. The van der Waals surface area contributed by atoms with Gasteiger partial charge < -0.3 is 24.2 Å². The van der Waals surface area contributed by atoms with Gasteiger partial charge in [-0.3, -0.25) is 10.1 Å². The van der Waals surface area contributed by atoms with E-state index < -0.39 is 31.1 Å². The van der Waals surface area contributed by atoms with Crippen molar-refractivity contribution < 1.29 is 33.7 Å². The van der Waals surface area contributed by atoms with Crippen LogP contribution in [-0.4, -0.2) is 80.6 Å². The first-order valence-corrected chi connectivity index (χ1v) is 5.91. The van der Waals surface area contributed by atoms with E-state index in [1.807, 2.05) is 0 Å². The summed E-state index contributed by atoms with van der Waals surface area (Å²) in [4.78, 5) is 34.7. The number of urea groups is 1. The summed E-state index contributed by atoms with van der Waals surface area (Å²) in [7, 11) is 3.03. The number of nitrogens with zero attached hydrogens (tertiary/aromatic N) is 1. The lowest BCUT2D eigenvalue weighted by molar-refractivity contribution is -0.143. The average molecular weight is 290 g/mol. The van der Waals surface area contributed by atoms with Crippen LogP contribution in [0, 0.1) is 0 Å². The van der Waals surface area contributed by atoms with Gasteiger partial charge in [-0.1, -0.05) is 0 Å². The van der Waals surface area contributed by atoms with Crippen LogP contribution in [-0.2, 0) is 23.8 Å². The first-order valence-electron chi connectivity index (χ1n) is 5.91. The van der Waals surface area contributed by atoms with Crippen molar-refractivity contribution in [3.05, 3.63) is 0 Å². The number of amides is 3. The normalized spacial score (nSPS) is 21.8. The zero-order valence-electron chi connectivity index (χ0n) is 11.3. The molecule has 0 aromatic rings. The van der Waals surface area contributed by atoms with Gasteiger partial charge in [0.25, 0.3) is 5.91 Å². The number of rotatable bonds is 6. The van der Waals surface area contributed by atoms with Crippen molar-refractivity contribution in [3.8, 4) is 0 Å². The molecule has 0 radical (unpaired) electrons. The van der Waals surface area contributed by atoms with E-state index >= 15 is 0 Å². The van der Waals surface area contributed by atoms with Crippen molar-refractivity contribution >= 4 is 17.9 Å². The molecule has 1 aliphatic rings. The zero-order chi connectivity index (χ0) is 15.1. The molecule has 114 valence electrons. The lowest BCUT2D eigenvalue weighted by atomic mass is 10.3.